The molecule has 3 aromatic rings. The molecule has 1 fully saturated rings. The third-order valence-corrected chi connectivity index (χ3v) is 7.99. The van der Waals surface area contributed by atoms with Crippen molar-refractivity contribution in [1.29, 1.82) is 0 Å². The summed E-state index contributed by atoms with van der Waals surface area (Å²) in [6.07, 6.45) is 4.83. The summed E-state index contributed by atoms with van der Waals surface area (Å²) in [5, 5.41) is 3.24. The first-order chi connectivity index (χ1) is 14.3. The van der Waals surface area contributed by atoms with Gasteiger partial charge >= 0.3 is 0 Å². The van der Waals surface area contributed by atoms with E-state index in [1.807, 2.05) is 11.0 Å². The number of amides is 1. The Balaban J connectivity index is 1.17. The number of aromatic nitrogens is 1. The van der Waals surface area contributed by atoms with Gasteiger partial charge < -0.3 is 4.90 Å². The lowest BCUT2D eigenvalue weighted by Gasteiger charge is -2.34. The van der Waals surface area contributed by atoms with Gasteiger partial charge in [0.2, 0.25) is 0 Å². The highest BCUT2D eigenvalue weighted by Crippen LogP contribution is 2.30. The molecule has 1 aliphatic carbocycles. The zero-order chi connectivity index (χ0) is 19.6. The molecule has 1 aliphatic heterocycles. The zero-order valence-electron chi connectivity index (χ0n) is 16.5. The highest BCUT2D eigenvalue weighted by atomic mass is 32.1. The number of thiazole rings is 1. The molecule has 0 N–H and O–H groups in total. The van der Waals surface area contributed by atoms with Gasteiger partial charge in [-0.3, -0.25) is 9.69 Å². The van der Waals surface area contributed by atoms with Gasteiger partial charge in [-0.1, -0.05) is 30.3 Å². The Morgan fingerprint density at radius 1 is 1.03 bits per heavy atom. The normalized spacial score (nSPS) is 17.3. The molecular formula is C23H25N3OS2. The minimum absolute atomic E-state index is 0.226. The van der Waals surface area contributed by atoms with Crippen LogP contribution in [0.3, 0.4) is 0 Å². The van der Waals surface area contributed by atoms with Gasteiger partial charge in [-0.05, 0) is 37.3 Å². The van der Waals surface area contributed by atoms with Crippen LogP contribution in [0.5, 0.6) is 0 Å². The van der Waals surface area contributed by atoms with Crippen LogP contribution in [0.2, 0.25) is 0 Å². The second-order valence-electron chi connectivity index (χ2n) is 7.84. The standard InChI is InChI=1S/C23H25N3OS2/c27-23(21-14-18-8-4-5-9-20(18)29-21)26-12-10-25(11-13-26)15-19-16-28-22(24-19)17-6-2-1-3-7-17/h1-3,6-7,14,16H,4-5,8-13,15H2. The summed E-state index contributed by atoms with van der Waals surface area (Å²) in [6, 6.07) is 12.5. The second kappa shape index (κ2) is 8.38. The second-order valence-corrected chi connectivity index (χ2v) is 9.84. The Labute approximate surface area is 179 Å². The molecular weight excluding hydrogens is 398 g/mol. The maximum Gasteiger partial charge on any atom is 0.264 e. The third-order valence-electron chi connectivity index (χ3n) is 5.82. The van der Waals surface area contributed by atoms with Gasteiger partial charge in [-0.25, -0.2) is 4.98 Å². The van der Waals surface area contributed by atoms with E-state index in [1.165, 1.54) is 28.8 Å². The third kappa shape index (κ3) is 4.15. The van der Waals surface area contributed by atoms with Crippen LogP contribution in [0.4, 0.5) is 0 Å². The van der Waals surface area contributed by atoms with Crippen LogP contribution in [-0.2, 0) is 19.4 Å². The number of thiophene rings is 1. The molecule has 150 valence electrons. The van der Waals surface area contributed by atoms with Gasteiger partial charge in [-0.2, -0.15) is 0 Å². The molecule has 0 radical (unpaired) electrons. The van der Waals surface area contributed by atoms with E-state index in [-0.39, 0.29) is 5.91 Å². The average molecular weight is 424 g/mol. The summed E-state index contributed by atoms with van der Waals surface area (Å²) >= 11 is 3.43. The lowest BCUT2D eigenvalue weighted by Crippen LogP contribution is -2.48. The largest absolute Gasteiger partial charge is 0.335 e. The van der Waals surface area contributed by atoms with E-state index < -0.39 is 0 Å². The molecule has 1 saturated heterocycles. The molecule has 0 bridgehead atoms. The van der Waals surface area contributed by atoms with Crippen molar-refractivity contribution in [2.45, 2.75) is 32.2 Å². The number of rotatable bonds is 4. The first-order valence-electron chi connectivity index (χ1n) is 10.4. The number of carbonyl (C=O) groups is 1. The number of benzene rings is 1. The minimum atomic E-state index is 0.226. The summed E-state index contributed by atoms with van der Waals surface area (Å²) in [4.78, 5) is 24.6. The van der Waals surface area contributed by atoms with E-state index in [2.05, 4.69) is 40.6 Å². The van der Waals surface area contributed by atoms with Crippen molar-refractivity contribution >= 4 is 28.6 Å². The van der Waals surface area contributed by atoms with E-state index >= 15 is 0 Å². The first kappa shape index (κ1) is 19.0. The van der Waals surface area contributed by atoms with E-state index in [4.69, 9.17) is 4.98 Å². The quantitative estimate of drug-likeness (QED) is 0.610. The number of hydrogen-bond donors (Lipinski definition) is 0. The summed E-state index contributed by atoms with van der Waals surface area (Å²) in [5.74, 6) is 0.226. The Kier molecular flexibility index (Phi) is 5.48. The van der Waals surface area contributed by atoms with Crippen molar-refractivity contribution in [3.05, 3.63) is 62.8 Å². The fourth-order valence-electron chi connectivity index (χ4n) is 4.18. The maximum atomic E-state index is 12.9. The Morgan fingerprint density at radius 2 is 1.83 bits per heavy atom. The van der Waals surface area contributed by atoms with E-state index in [1.54, 1.807) is 22.7 Å². The van der Waals surface area contributed by atoms with Crippen molar-refractivity contribution in [3.8, 4) is 10.6 Å². The molecule has 5 rings (SSSR count). The van der Waals surface area contributed by atoms with Crippen molar-refractivity contribution in [2.24, 2.45) is 0 Å². The molecule has 4 nitrogen and oxygen atoms in total. The maximum absolute atomic E-state index is 12.9. The van der Waals surface area contributed by atoms with Crippen molar-refractivity contribution in [2.75, 3.05) is 26.2 Å². The molecule has 29 heavy (non-hydrogen) atoms. The molecule has 1 aromatic carbocycles. The monoisotopic (exact) mass is 423 g/mol. The van der Waals surface area contributed by atoms with Gasteiger partial charge in [0, 0.05) is 48.5 Å². The predicted octanol–water partition coefficient (Wildman–Crippen LogP) is 4.71. The number of nitrogens with zero attached hydrogens (tertiary/aromatic N) is 3. The Morgan fingerprint density at radius 3 is 2.62 bits per heavy atom. The van der Waals surface area contributed by atoms with Crippen molar-refractivity contribution in [1.82, 2.24) is 14.8 Å². The van der Waals surface area contributed by atoms with E-state index in [0.29, 0.717) is 0 Å². The number of carbonyl (C=O) groups excluding carboxylic acids is 1. The molecule has 0 saturated carbocycles. The molecule has 0 atom stereocenters. The summed E-state index contributed by atoms with van der Waals surface area (Å²) < 4.78 is 0. The van der Waals surface area contributed by atoms with Crippen LogP contribution >= 0.6 is 22.7 Å². The highest BCUT2D eigenvalue weighted by Gasteiger charge is 2.25. The van der Waals surface area contributed by atoms with Crippen molar-refractivity contribution < 1.29 is 4.79 Å². The van der Waals surface area contributed by atoms with Gasteiger partial charge in [0.1, 0.15) is 5.01 Å². The Hall–Kier alpha value is -2.02. The van der Waals surface area contributed by atoms with Crippen LogP contribution < -0.4 is 0 Å². The summed E-state index contributed by atoms with van der Waals surface area (Å²) in [7, 11) is 0. The minimum Gasteiger partial charge on any atom is -0.335 e. The van der Waals surface area contributed by atoms with Crippen LogP contribution in [0, 0.1) is 0 Å². The highest BCUT2D eigenvalue weighted by molar-refractivity contribution is 7.14. The van der Waals surface area contributed by atoms with Gasteiger partial charge in [0.05, 0.1) is 10.6 Å². The molecule has 2 aromatic heterocycles. The number of piperazine rings is 1. The molecule has 2 aliphatic rings. The molecule has 1 amide bonds. The van der Waals surface area contributed by atoms with Crippen LogP contribution in [0.25, 0.3) is 10.6 Å². The SMILES string of the molecule is O=C(c1cc2c(s1)CCCC2)N1CCN(Cc2csc(-c3ccccc3)n2)CC1. The first-order valence-corrected chi connectivity index (χ1v) is 12.1. The average Bonchev–Trinajstić information content (AvgIpc) is 3.41. The number of fused-ring (bicyclic) bond motifs is 1. The molecule has 3 heterocycles. The van der Waals surface area contributed by atoms with Gasteiger partial charge in [-0.15, -0.1) is 22.7 Å². The van der Waals surface area contributed by atoms with Crippen LogP contribution in [0.15, 0.2) is 41.8 Å². The fourth-order valence-corrected chi connectivity index (χ4v) is 6.22. The lowest BCUT2D eigenvalue weighted by molar-refractivity contribution is 0.0632. The van der Waals surface area contributed by atoms with Crippen LogP contribution in [-0.4, -0.2) is 46.9 Å². The number of aryl methyl sites for hydroxylation is 2. The Bertz CT molecular complexity index is 963. The van der Waals surface area contributed by atoms with E-state index in [0.717, 1.165) is 61.1 Å². The molecule has 6 heteroatoms. The molecule has 0 spiro atoms. The topological polar surface area (TPSA) is 36.4 Å². The van der Waals surface area contributed by atoms with Crippen LogP contribution in [0.1, 0.15) is 38.6 Å². The number of hydrogen-bond acceptors (Lipinski definition) is 5. The predicted molar refractivity (Wildman–Crippen MR) is 120 cm³/mol. The zero-order valence-corrected chi connectivity index (χ0v) is 18.1. The van der Waals surface area contributed by atoms with Crippen molar-refractivity contribution in [3.63, 3.8) is 0 Å². The lowest BCUT2D eigenvalue weighted by atomic mass is 9.99. The molecule has 0 unspecified atom stereocenters. The summed E-state index contributed by atoms with van der Waals surface area (Å²) in [5.41, 5.74) is 3.72. The fraction of sp³-hybridized carbons (Fsp3) is 0.391. The smallest absolute Gasteiger partial charge is 0.264 e. The van der Waals surface area contributed by atoms with Gasteiger partial charge in [0.15, 0.2) is 0 Å². The van der Waals surface area contributed by atoms with Gasteiger partial charge in [0.25, 0.3) is 5.91 Å². The summed E-state index contributed by atoms with van der Waals surface area (Å²) in [6.45, 7) is 4.29. The van der Waals surface area contributed by atoms with E-state index in [9.17, 15) is 4.79 Å².